The average Bonchev–Trinajstić information content (AvgIpc) is 2.24. The van der Waals surface area contributed by atoms with E-state index < -0.39 is 10.7 Å². The number of hydrogen-bond donors (Lipinski definition) is 1. The molecule has 0 radical (unpaired) electrons. The minimum Gasteiger partial charge on any atom is -0.480 e. The average molecular weight is 264 g/mol. The third-order valence-electron chi connectivity index (χ3n) is 3.43. The Kier molecular flexibility index (Phi) is 4.00. The van der Waals surface area contributed by atoms with Crippen molar-refractivity contribution in [2.45, 2.75) is 49.2 Å². The van der Waals surface area contributed by atoms with Crippen molar-refractivity contribution in [2.75, 3.05) is 0 Å². The molecule has 18 heavy (non-hydrogen) atoms. The third kappa shape index (κ3) is 2.89. The van der Waals surface area contributed by atoms with E-state index in [0.717, 1.165) is 30.6 Å². The van der Waals surface area contributed by atoms with Gasteiger partial charge in [-0.15, -0.1) is 11.8 Å². The van der Waals surface area contributed by atoms with Gasteiger partial charge in [-0.05, 0) is 49.3 Å². The van der Waals surface area contributed by atoms with Gasteiger partial charge in [-0.25, -0.2) is 0 Å². The standard InChI is InChI=1S/C15H20O2S/c1-11(2)10-12-4-6-13(7-5-12)18-15(14(16)17)8-3-9-15/h4-7,11H,3,8-10H2,1-2H3,(H,16,17). The van der Waals surface area contributed by atoms with Crippen LogP contribution in [0.15, 0.2) is 29.2 Å². The molecule has 1 aliphatic rings. The van der Waals surface area contributed by atoms with E-state index in [9.17, 15) is 9.90 Å². The molecule has 0 atom stereocenters. The predicted octanol–water partition coefficient (Wildman–Crippen LogP) is 3.98. The van der Waals surface area contributed by atoms with Gasteiger partial charge in [-0.1, -0.05) is 26.0 Å². The van der Waals surface area contributed by atoms with Crippen molar-refractivity contribution in [1.82, 2.24) is 0 Å². The van der Waals surface area contributed by atoms with Gasteiger partial charge in [0.1, 0.15) is 4.75 Å². The van der Waals surface area contributed by atoms with E-state index in [4.69, 9.17) is 0 Å². The van der Waals surface area contributed by atoms with E-state index in [-0.39, 0.29) is 0 Å². The first-order valence-electron chi connectivity index (χ1n) is 6.53. The van der Waals surface area contributed by atoms with E-state index in [2.05, 4.69) is 38.1 Å². The zero-order valence-electron chi connectivity index (χ0n) is 11.0. The molecule has 1 saturated carbocycles. The summed E-state index contributed by atoms with van der Waals surface area (Å²) in [5, 5.41) is 9.30. The first-order chi connectivity index (χ1) is 8.52. The highest BCUT2D eigenvalue weighted by molar-refractivity contribution is 8.01. The molecule has 0 unspecified atom stereocenters. The maximum Gasteiger partial charge on any atom is 0.320 e. The smallest absolute Gasteiger partial charge is 0.320 e. The molecule has 2 nitrogen and oxygen atoms in total. The molecule has 0 spiro atoms. The molecule has 1 aliphatic carbocycles. The van der Waals surface area contributed by atoms with Crippen LogP contribution in [0.4, 0.5) is 0 Å². The maximum absolute atomic E-state index is 11.3. The number of carboxylic acids is 1. The summed E-state index contributed by atoms with van der Waals surface area (Å²) < 4.78 is -0.556. The van der Waals surface area contributed by atoms with Gasteiger partial charge in [0.05, 0.1) is 0 Å². The molecule has 0 aliphatic heterocycles. The molecular formula is C15H20O2S. The highest BCUT2D eigenvalue weighted by Crippen LogP contribution is 2.47. The minimum absolute atomic E-state index is 0.556. The molecule has 1 fully saturated rings. The summed E-state index contributed by atoms with van der Waals surface area (Å²) in [4.78, 5) is 12.4. The Hall–Kier alpha value is -0.960. The van der Waals surface area contributed by atoms with Crippen molar-refractivity contribution < 1.29 is 9.90 Å². The molecule has 0 aromatic heterocycles. The molecule has 1 N–H and O–H groups in total. The normalized spacial score (nSPS) is 17.5. The van der Waals surface area contributed by atoms with Gasteiger partial charge in [0.25, 0.3) is 0 Å². The van der Waals surface area contributed by atoms with Crippen molar-refractivity contribution in [3.63, 3.8) is 0 Å². The molecule has 0 saturated heterocycles. The second-order valence-electron chi connectivity index (χ2n) is 5.50. The monoisotopic (exact) mass is 264 g/mol. The van der Waals surface area contributed by atoms with Crippen LogP contribution >= 0.6 is 11.8 Å². The van der Waals surface area contributed by atoms with Crippen molar-refractivity contribution in [3.05, 3.63) is 29.8 Å². The van der Waals surface area contributed by atoms with E-state index in [0.29, 0.717) is 5.92 Å². The number of thioether (sulfide) groups is 1. The molecular weight excluding hydrogens is 244 g/mol. The largest absolute Gasteiger partial charge is 0.480 e. The summed E-state index contributed by atoms with van der Waals surface area (Å²) in [6.45, 7) is 4.41. The van der Waals surface area contributed by atoms with Gasteiger partial charge in [0.2, 0.25) is 0 Å². The molecule has 98 valence electrons. The van der Waals surface area contributed by atoms with Crippen LogP contribution in [-0.4, -0.2) is 15.8 Å². The number of hydrogen-bond acceptors (Lipinski definition) is 2. The Balaban J connectivity index is 2.04. The first kappa shape index (κ1) is 13.5. The van der Waals surface area contributed by atoms with Gasteiger partial charge in [0.15, 0.2) is 0 Å². The topological polar surface area (TPSA) is 37.3 Å². The zero-order valence-corrected chi connectivity index (χ0v) is 11.8. The maximum atomic E-state index is 11.3. The number of aliphatic carboxylic acids is 1. The van der Waals surface area contributed by atoms with Crippen LogP contribution < -0.4 is 0 Å². The summed E-state index contributed by atoms with van der Waals surface area (Å²) in [5.74, 6) is -0.00879. The summed E-state index contributed by atoms with van der Waals surface area (Å²) >= 11 is 1.51. The molecule has 1 aromatic carbocycles. The van der Waals surface area contributed by atoms with Crippen LogP contribution in [0.5, 0.6) is 0 Å². The first-order valence-corrected chi connectivity index (χ1v) is 7.35. The molecule has 0 bridgehead atoms. The Morgan fingerprint density at radius 3 is 2.33 bits per heavy atom. The predicted molar refractivity (Wildman–Crippen MR) is 75.1 cm³/mol. The van der Waals surface area contributed by atoms with E-state index in [1.165, 1.54) is 17.3 Å². The minimum atomic E-state index is -0.662. The van der Waals surface area contributed by atoms with Gasteiger partial charge in [0, 0.05) is 4.90 Å². The van der Waals surface area contributed by atoms with Gasteiger partial charge in [-0.2, -0.15) is 0 Å². The van der Waals surface area contributed by atoms with Crippen LogP contribution in [-0.2, 0) is 11.2 Å². The van der Waals surface area contributed by atoms with Gasteiger partial charge < -0.3 is 5.11 Å². The van der Waals surface area contributed by atoms with Crippen molar-refractivity contribution in [2.24, 2.45) is 5.92 Å². The lowest BCUT2D eigenvalue weighted by Gasteiger charge is -2.36. The summed E-state index contributed by atoms with van der Waals surface area (Å²) in [6, 6.07) is 8.36. The fraction of sp³-hybridized carbons (Fsp3) is 0.533. The molecule has 0 amide bonds. The highest BCUT2D eigenvalue weighted by atomic mass is 32.2. The Morgan fingerprint density at radius 2 is 1.94 bits per heavy atom. The van der Waals surface area contributed by atoms with Gasteiger partial charge in [-0.3, -0.25) is 4.79 Å². The Morgan fingerprint density at radius 1 is 1.33 bits per heavy atom. The second-order valence-corrected chi connectivity index (χ2v) is 6.95. The van der Waals surface area contributed by atoms with E-state index in [1.54, 1.807) is 0 Å². The fourth-order valence-electron chi connectivity index (χ4n) is 2.25. The Bertz CT molecular complexity index is 419. The van der Waals surface area contributed by atoms with Crippen LogP contribution in [0.3, 0.4) is 0 Å². The van der Waals surface area contributed by atoms with Crippen molar-refractivity contribution in [1.29, 1.82) is 0 Å². The lowest BCUT2D eigenvalue weighted by molar-refractivity contribution is -0.142. The number of rotatable bonds is 5. The molecule has 1 aromatic rings. The molecule has 3 heteroatoms. The van der Waals surface area contributed by atoms with Crippen LogP contribution in [0.1, 0.15) is 38.7 Å². The van der Waals surface area contributed by atoms with E-state index in [1.807, 2.05) is 0 Å². The third-order valence-corrected chi connectivity index (χ3v) is 4.91. The number of carbonyl (C=O) groups is 1. The summed E-state index contributed by atoms with van der Waals surface area (Å²) in [5.41, 5.74) is 1.33. The van der Waals surface area contributed by atoms with Crippen LogP contribution in [0.2, 0.25) is 0 Å². The van der Waals surface area contributed by atoms with Crippen molar-refractivity contribution >= 4 is 17.7 Å². The fourth-order valence-corrected chi connectivity index (χ4v) is 3.55. The van der Waals surface area contributed by atoms with E-state index >= 15 is 0 Å². The summed E-state index contributed by atoms with van der Waals surface area (Å²) in [6.07, 6.45) is 3.70. The van der Waals surface area contributed by atoms with Gasteiger partial charge >= 0.3 is 5.97 Å². The van der Waals surface area contributed by atoms with Crippen LogP contribution in [0.25, 0.3) is 0 Å². The van der Waals surface area contributed by atoms with Crippen molar-refractivity contribution in [3.8, 4) is 0 Å². The van der Waals surface area contributed by atoms with Crippen LogP contribution in [0, 0.1) is 5.92 Å². The lowest BCUT2D eigenvalue weighted by Crippen LogP contribution is -2.41. The summed E-state index contributed by atoms with van der Waals surface area (Å²) in [7, 11) is 0. The number of benzene rings is 1. The highest BCUT2D eigenvalue weighted by Gasteiger charge is 2.45. The zero-order chi connectivity index (χ0) is 13.2. The molecule has 0 heterocycles. The second kappa shape index (κ2) is 5.35. The number of carboxylic acid groups (broad SMARTS) is 1. The molecule has 2 rings (SSSR count). The SMILES string of the molecule is CC(C)Cc1ccc(SC2(C(=O)O)CCC2)cc1. The quantitative estimate of drug-likeness (QED) is 0.874. The lowest BCUT2D eigenvalue weighted by atomic mass is 9.84. The Labute approximate surface area is 113 Å².